The summed E-state index contributed by atoms with van der Waals surface area (Å²) in [5.41, 5.74) is -0.243. The third-order valence-corrected chi connectivity index (χ3v) is 4.02. The molecule has 1 rings (SSSR count). The van der Waals surface area contributed by atoms with Crippen LogP contribution in [0.15, 0.2) is 29.2 Å². The summed E-state index contributed by atoms with van der Waals surface area (Å²) in [6.07, 6.45) is 0.654. The second-order valence-electron chi connectivity index (χ2n) is 4.05. The lowest BCUT2D eigenvalue weighted by atomic mass is 10.2. The Morgan fingerprint density at radius 2 is 1.95 bits per heavy atom. The minimum Gasteiger partial charge on any atom is -0.480 e. The molecule has 0 saturated heterocycles. The molecule has 0 unspecified atom stereocenters. The zero-order valence-corrected chi connectivity index (χ0v) is 11.5. The summed E-state index contributed by atoms with van der Waals surface area (Å²) < 4.78 is 26.0. The van der Waals surface area contributed by atoms with Crippen LogP contribution in [0, 0.1) is 10.1 Å². The van der Waals surface area contributed by atoms with Crippen LogP contribution < -0.4 is 4.72 Å². The monoisotopic (exact) mass is 302 g/mol. The first-order valence-corrected chi connectivity index (χ1v) is 7.26. The Labute approximate surface area is 115 Å². The van der Waals surface area contributed by atoms with E-state index in [1.165, 1.54) is 0 Å². The number of carboxylic acids is 1. The van der Waals surface area contributed by atoms with E-state index in [2.05, 4.69) is 4.72 Å². The molecule has 0 radical (unpaired) electrons. The topological polar surface area (TPSA) is 127 Å². The number of nitrogens with one attached hydrogen (secondary N) is 1. The lowest BCUT2D eigenvalue weighted by Gasteiger charge is -2.13. The van der Waals surface area contributed by atoms with E-state index in [4.69, 9.17) is 5.11 Å². The van der Waals surface area contributed by atoms with E-state index in [1.807, 2.05) is 0 Å². The van der Waals surface area contributed by atoms with Crippen LogP contribution >= 0.6 is 0 Å². The normalized spacial score (nSPS) is 12.8. The number of sulfonamides is 1. The number of non-ortho nitro benzene ring substituents is 1. The molecule has 0 aromatic heterocycles. The van der Waals surface area contributed by atoms with E-state index in [0.29, 0.717) is 6.42 Å². The van der Waals surface area contributed by atoms with Crippen molar-refractivity contribution in [2.75, 3.05) is 0 Å². The van der Waals surface area contributed by atoms with Gasteiger partial charge in [-0.25, -0.2) is 8.42 Å². The van der Waals surface area contributed by atoms with Gasteiger partial charge in [-0.15, -0.1) is 0 Å². The number of carboxylic acid groups (broad SMARTS) is 1. The molecule has 0 heterocycles. The summed E-state index contributed by atoms with van der Waals surface area (Å²) in [6.45, 7) is 1.73. The molecular weight excluding hydrogens is 288 g/mol. The third-order valence-electron chi connectivity index (χ3n) is 2.53. The number of hydrogen-bond donors (Lipinski definition) is 2. The Kier molecular flexibility index (Phi) is 5.17. The van der Waals surface area contributed by atoms with Crippen LogP contribution in [0.5, 0.6) is 0 Å². The van der Waals surface area contributed by atoms with Gasteiger partial charge in [0, 0.05) is 12.1 Å². The van der Waals surface area contributed by atoms with Crippen molar-refractivity contribution in [2.24, 2.45) is 0 Å². The number of nitro benzene ring substituents is 1. The predicted molar refractivity (Wildman–Crippen MR) is 69.7 cm³/mol. The Morgan fingerprint density at radius 3 is 2.35 bits per heavy atom. The molecule has 8 nitrogen and oxygen atoms in total. The highest BCUT2D eigenvalue weighted by Gasteiger charge is 2.24. The van der Waals surface area contributed by atoms with Crippen molar-refractivity contribution in [3.8, 4) is 0 Å². The lowest BCUT2D eigenvalue weighted by molar-refractivity contribution is -0.384. The third kappa shape index (κ3) is 4.00. The zero-order valence-electron chi connectivity index (χ0n) is 10.6. The molecule has 0 saturated carbocycles. The molecule has 0 aliphatic rings. The highest BCUT2D eigenvalue weighted by atomic mass is 32.2. The predicted octanol–water partition coefficient (Wildman–Crippen LogP) is 1.13. The average molecular weight is 302 g/mol. The quantitative estimate of drug-likeness (QED) is 0.574. The molecule has 0 fully saturated rings. The summed E-state index contributed by atoms with van der Waals surface area (Å²) >= 11 is 0. The van der Waals surface area contributed by atoms with Gasteiger partial charge in [-0.2, -0.15) is 4.72 Å². The molecule has 20 heavy (non-hydrogen) atoms. The minimum absolute atomic E-state index is 0.154. The summed E-state index contributed by atoms with van der Waals surface area (Å²) in [4.78, 5) is 20.5. The van der Waals surface area contributed by atoms with Gasteiger partial charge in [-0.3, -0.25) is 14.9 Å². The molecule has 9 heteroatoms. The molecule has 1 aromatic carbocycles. The van der Waals surface area contributed by atoms with Gasteiger partial charge in [0.15, 0.2) is 0 Å². The molecule has 1 aromatic rings. The van der Waals surface area contributed by atoms with Gasteiger partial charge in [0.05, 0.1) is 9.82 Å². The highest BCUT2D eigenvalue weighted by Crippen LogP contribution is 2.16. The van der Waals surface area contributed by atoms with Crippen LogP contribution in [0.1, 0.15) is 19.8 Å². The van der Waals surface area contributed by atoms with Crippen LogP contribution in [-0.2, 0) is 14.8 Å². The van der Waals surface area contributed by atoms with Crippen LogP contribution in [0.3, 0.4) is 0 Å². The Balaban J connectivity index is 2.98. The van der Waals surface area contributed by atoms with Crippen molar-refractivity contribution < 1.29 is 23.2 Å². The first-order chi connectivity index (χ1) is 9.27. The molecule has 0 aliphatic carbocycles. The SMILES string of the molecule is CCC[C@H](NS(=O)(=O)c1ccc([N+](=O)[O-])cc1)C(=O)O. The van der Waals surface area contributed by atoms with Crippen molar-refractivity contribution in [1.82, 2.24) is 4.72 Å². The van der Waals surface area contributed by atoms with Crippen molar-refractivity contribution in [1.29, 1.82) is 0 Å². The number of benzene rings is 1. The van der Waals surface area contributed by atoms with E-state index in [1.54, 1.807) is 6.92 Å². The molecule has 1 atom stereocenters. The van der Waals surface area contributed by atoms with E-state index in [0.717, 1.165) is 24.3 Å². The summed E-state index contributed by atoms with van der Waals surface area (Å²) in [7, 11) is -4.02. The van der Waals surface area contributed by atoms with Gasteiger partial charge in [0.1, 0.15) is 6.04 Å². The van der Waals surface area contributed by atoms with E-state index in [-0.39, 0.29) is 17.0 Å². The smallest absolute Gasteiger partial charge is 0.321 e. The minimum atomic E-state index is -4.02. The number of rotatable bonds is 7. The van der Waals surface area contributed by atoms with Crippen molar-refractivity contribution >= 4 is 21.7 Å². The Morgan fingerprint density at radius 1 is 1.40 bits per heavy atom. The largest absolute Gasteiger partial charge is 0.480 e. The first-order valence-electron chi connectivity index (χ1n) is 5.77. The maximum absolute atomic E-state index is 12.0. The van der Waals surface area contributed by atoms with Crippen molar-refractivity contribution in [3.63, 3.8) is 0 Å². The molecular formula is C11H14N2O6S. The van der Waals surface area contributed by atoms with E-state index in [9.17, 15) is 23.3 Å². The van der Waals surface area contributed by atoms with Gasteiger partial charge in [-0.1, -0.05) is 13.3 Å². The van der Waals surface area contributed by atoms with Gasteiger partial charge in [0.2, 0.25) is 10.0 Å². The maximum atomic E-state index is 12.0. The first kappa shape index (κ1) is 16.1. The van der Waals surface area contributed by atoms with Gasteiger partial charge < -0.3 is 5.11 Å². The van der Waals surface area contributed by atoms with Crippen LogP contribution in [0.4, 0.5) is 5.69 Å². The molecule has 0 spiro atoms. The second kappa shape index (κ2) is 6.44. The molecule has 0 bridgehead atoms. The fourth-order valence-corrected chi connectivity index (χ4v) is 2.75. The van der Waals surface area contributed by atoms with Gasteiger partial charge in [-0.05, 0) is 18.6 Å². The highest BCUT2D eigenvalue weighted by molar-refractivity contribution is 7.89. The molecule has 0 aliphatic heterocycles. The molecule has 2 N–H and O–H groups in total. The fourth-order valence-electron chi connectivity index (χ4n) is 1.52. The van der Waals surface area contributed by atoms with Gasteiger partial charge in [0.25, 0.3) is 5.69 Å². The number of hydrogen-bond acceptors (Lipinski definition) is 5. The number of nitrogens with zero attached hydrogens (tertiary/aromatic N) is 1. The summed E-state index contributed by atoms with van der Waals surface area (Å²) in [5.74, 6) is -1.27. The standard InChI is InChI=1S/C11H14N2O6S/c1-2-3-10(11(14)15)12-20(18,19)9-6-4-8(5-7-9)13(16)17/h4-7,10,12H,2-3H2,1H3,(H,14,15)/t10-/m0/s1. The van der Waals surface area contributed by atoms with E-state index < -0.39 is 27.0 Å². The summed E-state index contributed by atoms with van der Waals surface area (Å²) in [5, 5.41) is 19.4. The maximum Gasteiger partial charge on any atom is 0.321 e. The Hall–Kier alpha value is -2.00. The lowest BCUT2D eigenvalue weighted by Crippen LogP contribution is -2.40. The second-order valence-corrected chi connectivity index (χ2v) is 5.77. The van der Waals surface area contributed by atoms with Crippen molar-refractivity contribution in [3.05, 3.63) is 34.4 Å². The Bertz CT molecular complexity index is 596. The molecule has 110 valence electrons. The van der Waals surface area contributed by atoms with Crippen LogP contribution in [0.25, 0.3) is 0 Å². The summed E-state index contributed by atoms with van der Waals surface area (Å²) in [6, 6.07) is 2.99. The van der Waals surface area contributed by atoms with Gasteiger partial charge >= 0.3 is 5.97 Å². The van der Waals surface area contributed by atoms with Crippen LogP contribution in [-0.4, -0.2) is 30.5 Å². The zero-order chi connectivity index (χ0) is 15.3. The number of nitro groups is 1. The van der Waals surface area contributed by atoms with Crippen molar-refractivity contribution in [2.45, 2.75) is 30.7 Å². The van der Waals surface area contributed by atoms with E-state index >= 15 is 0 Å². The number of aliphatic carboxylic acids is 1. The van der Waals surface area contributed by atoms with Crippen LogP contribution in [0.2, 0.25) is 0 Å². The fraction of sp³-hybridized carbons (Fsp3) is 0.364. The molecule has 0 amide bonds. The number of carbonyl (C=O) groups is 1. The average Bonchev–Trinajstić information content (AvgIpc) is 2.38.